The van der Waals surface area contributed by atoms with Gasteiger partial charge in [0.25, 0.3) is 0 Å². The van der Waals surface area contributed by atoms with Crippen molar-refractivity contribution >= 4 is 9.84 Å². The van der Waals surface area contributed by atoms with Crippen LogP contribution in [0, 0.1) is 0 Å². The van der Waals surface area contributed by atoms with Gasteiger partial charge in [-0.25, -0.2) is 8.42 Å². The minimum Gasteiger partial charge on any atom is -0.324 e. The normalized spacial score (nSPS) is 23.1. The van der Waals surface area contributed by atoms with E-state index >= 15 is 0 Å². The number of benzene rings is 1. The summed E-state index contributed by atoms with van der Waals surface area (Å²) in [6, 6.07) is 10.4. The van der Waals surface area contributed by atoms with Crippen LogP contribution in [0.2, 0.25) is 0 Å². The van der Waals surface area contributed by atoms with Gasteiger partial charge in [-0.2, -0.15) is 0 Å². The number of rotatable bonds is 6. The van der Waals surface area contributed by atoms with Gasteiger partial charge in [-0.1, -0.05) is 30.3 Å². The molecule has 4 nitrogen and oxygen atoms in total. The first kappa shape index (κ1) is 15.5. The first-order valence-corrected chi connectivity index (χ1v) is 9.01. The maximum atomic E-state index is 11.5. The minimum absolute atomic E-state index is 0.0666. The van der Waals surface area contributed by atoms with Gasteiger partial charge in [0, 0.05) is 12.1 Å². The minimum atomic E-state index is -2.79. The molecule has 0 aliphatic carbocycles. The Labute approximate surface area is 121 Å². The molecule has 1 fully saturated rings. The fourth-order valence-electron chi connectivity index (χ4n) is 2.73. The monoisotopic (exact) mass is 296 g/mol. The van der Waals surface area contributed by atoms with E-state index in [0.29, 0.717) is 11.5 Å². The molecule has 0 saturated carbocycles. The standard InChI is InChI=1S/C15H24N2O2S/c1-17(14-9-11-20(18,19)12-14)10-5-8-15(16)13-6-3-2-4-7-13/h2-4,6-7,14-15H,5,8-12,16H2,1H3. The Kier molecular flexibility index (Phi) is 5.18. The van der Waals surface area contributed by atoms with Gasteiger partial charge >= 0.3 is 0 Å². The van der Waals surface area contributed by atoms with Crippen molar-refractivity contribution in [3.63, 3.8) is 0 Å². The van der Waals surface area contributed by atoms with E-state index in [1.165, 1.54) is 5.56 Å². The van der Waals surface area contributed by atoms with Gasteiger partial charge < -0.3 is 10.6 Å². The lowest BCUT2D eigenvalue weighted by Gasteiger charge is -2.23. The average molecular weight is 296 g/mol. The van der Waals surface area contributed by atoms with Crippen LogP contribution in [-0.4, -0.2) is 44.5 Å². The third kappa shape index (κ3) is 4.30. The number of hydrogen-bond acceptors (Lipinski definition) is 4. The smallest absolute Gasteiger partial charge is 0.151 e. The molecule has 1 aliphatic heterocycles. The first-order chi connectivity index (χ1) is 9.48. The molecule has 0 aromatic heterocycles. The van der Waals surface area contributed by atoms with E-state index in [2.05, 4.69) is 17.0 Å². The molecule has 20 heavy (non-hydrogen) atoms. The van der Waals surface area contributed by atoms with Crippen LogP contribution >= 0.6 is 0 Å². The summed E-state index contributed by atoms with van der Waals surface area (Å²) in [4.78, 5) is 2.17. The molecular weight excluding hydrogens is 272 g/mol. The Bertz CT molecular complexity index is 516. The molecule has 0 spiro atoms. The highest BCUT2D eigenvalue weighted by molar-refractivity contribution is 7.91. The summed E-state index contributed by atoms with van der Waals surface area (Å²) in [6.07, 6.45) is 2.68. The van der Waals surface area contributed by atoms with E-state index in [0.717, 1.165) is 25.8 Å². The topological polar surface area (TPSA) is 63.4 Å². The number of sulfone groups is 1. The maximum absolute atomic E-state index is 11.5. The van der Waals surface area contributed by atoms with Gasteiger partial charge in [0.2, 0.25) is 0 Å². The Hall–Kier alpha value is -0.910. The molecule has 1 saturated heterocycles. The van der Waals surface area contributed by atoms with Gasteiger partial charge in [-0.15, -0.1) is 0 Å². The summed E-state index contributed by atoms with van der Waals surface area (Å²) in [6.45, 7) is 0.903. The molecule has 2 unspecified atom stereocenters. The molecule has 2 N–H and O–H groups in total. The largest absolute Gasteiger partial charge is 0.324 e. The SMILES string of the molecule is CN(CCCC(N)c1ccccc1)C1CCS(=O)(=O)C1. The van der Waals surface area contributed by atoms with Crippen molar-refractivity contribution < 1.29 is 8.42 Å². The van der Waals surface area contributed by atoms with E-state index in [-0.39, 0.29) is 12.1 Å². The number of hydrogen-bond donors (Lipinski definition) is 1. The lowest BCUT2D eigenvalue weighted by Crippen LogP contribution is -2.33. The summed E-state index contributed by atoms with van der Waals surface area (Å²) in [5, 5.41) is 0. The third-order valence-electron chi connectivity index (χ3n) is 4.09. The van der Waals surface area contributed by atoms with Gasteiger partial charge in [0.15, 0.2) is 9.84 Å². The first-order valence-electron chi connectivity index (χ1n) is 7.19. The molecular formula is C15H24N2O2S. The predicted octanol–water partition coefficient (Wildman–Crippen LogP) is 1.59. The predicted molar refractivity (Wildman–Crippen MR) is 82.3 cm³/mol. The Morgan fingerprint density at radius 3 is 2.65 bits per heavy atom. The number of nitrogens with two attached hydrogens (primary N) is 1. The highest BCUT2D eigenvalue weighted by atomic mass is 32.2. The zero-order valence-corrected chi connectivity index (χ0v) is 12.8. The molecule has 2 atom stereocenters. The van der Waals surface area contributed by atoms with Crippen molar-refractivity contribution in [2.45, 2.75) is 31.3 Å². The highest BCUT2D eigenvalue weighted by Crippen LogP contribution is 2.19. The molecule has 1 aliphatic rings. The van der Waals surface area contributed by atoms with Crippen molar-refractivity contribution in [2.75, 3.05) is 25.1 Å². The third-order valence-corrected chi connectivity index (χ3v) is 5.84. The summed E-state index contributed by atoms with van der Waals surface area (Å²) in [5.74, 6) is 0.653. The van der Waals surface area contributed by atoms with Crippen LogP contribution in [0.4, 0.5) is 0 Å². The molecule has 1 aromatic rings. The Balaban J connectivity index is 1.73. The fraction of sp³-hybridized carbons (Fsp3) is 0.600. The van der Waals surface area contributed by atoms with Gasteiger partial charge in [0.05, 0.1) is 11.5 Å². The van der Waals surface area contributed by atoms with Crippen LogP contribution in [0.1, 0.15) is 30.9 Å². The molecule has 5 heteroatoms. The molecule has 1 heterocycles. The van der Waals surface area contributed by atoms with Crippen molar-refractivity contribution in [2.24, 2.45) is 5.73 Å². The molecule has 0 amide bonds. The summed E-state index contributed by atoms with van der Waals surface area (Å²) < 4.78 is 22.9. The molecule has 0 bridgehead atoms. The van der Waals surface area contributed by atoms with Gasteiger partial charge in [-0.3, -0.25) is 0 Å². The van der Waals surface area contributed by atoms with Crippen LogP contribution in [0.5, 0.6) is 0 Å². The van der Waals surface area contributed by atoms with E-state index in [4.69, 9.17) is 5.73 Å². The van der Waals surface area contributed by atoms with E-state index in [1.807, 2.05) is 25.2 Å². The van der Waals surface area contributed by atoms with Crippen molar-refractivity contribution in [3.05, 3.63) is 35.9 Å². The quantitative estimate of drug-likeness (QED) is 0.866. The van der Waals surface area contributed by atoms with Crippen LogP contribution < -0.4 is 5.73 Å². The molecule has 1 aromatic carbocycles. The van der Waals surface area contributed by atoms with E-state index < -0.39 is 9.84 Å². The highest BCUT2D eigenvalue weighted by Gasteiger charge is 2.30. The average Bonchev–Trinajstić information content (AvgIpc) is 2.80. The Morgan fingerprint density at radius 2 is 2.05 bits per heavy atom. The summed E-state index contributed by atoms with van der Waals surface area (Å²) in [7, 11) is -0.778. The molecule has 112 valence electrons. The molecule has 2 rings (SSSR count). The summed E-state index contributed by atoms with van der Waals surface area (Å²) in [5.41, 5.74) is 7.33. The second-order valence-corrected chi connectivity index (χ2v) is 7.93. The zero-order chi connectivity index (χ0) is 14.6. The van der Waals surface area contributed by atoms with Gasteiger partial charge in [0.1, 0.15) is 0 Å². The van der Waals surface area contributed by atoms with Gasteiger partial charge in [-0.05, 0) is 38.4 Å². The van der Waals surface area contributed by atoms with Crippen LogP contribution in [-0.2, 0) is 9.84 Å². The molecule has 0 radical (unpaired) electrons. The second kappa shape index (κ2) is 6.70. The zero-order valence-electron chi connectivity index (χ0n) is 12.0. The van der Waals surface area contributed by atoms with Crippen LogP contribution in [0.15, 0.2) is 30.3 Å². The fourth-order valence-corrected chi connectivity index (χ4v) is 4.54. The lowest BCUT2D eigenvalue weighted by molar-refractivity contribution is 0.254. The van der Waals surface area contributed by atoms with E-state index in [1.54, 1.807) is 0 Å². The maximum Gasteiger partial charge on any atom is 0.151 e. The number of nitrogens with zero attached hydrogens (tertiary/aromatic N) is 1. The van der Waals surface area contributed by atoms with Crippen molar-refractivity contribution in [3.8, 4) is 0 Å². The van der Waals surface area contributed by atoms with Crippen LogP contribution in [0.25, 0.3) is 0 Å². The lowest BCUT2D eigenvalue weighted by atomic mass is 10.0. The van der Waals surface area contributed by atoms with Crippen molar-refractivity contribution in [1.29, 1.82) is 0 Å². The van der Waals surface area contributed by atoms with E-state index in [9.17, 15) is 8.42 Å². The summed E-state index contributed by atoms with van der Waals surface area (Å²) >= 11 is 0. The second-order valence-electron chi connectivity index (χ2n) is 5.70. The Morgan fingerprint density at radius 1 is 1.35 bits per heavy atom. The van der Waals surface area contributed by atoms with Crippen LogP contribution in [0.3, 0.4) is 0 Å². The van der Waals surface area contributed by atoms with Crippen molar-refractivity contribution in [1.82, 2.24) is 4.90 Å².